The Balaban J connectivity index is 2.14. The molecule has 2 aromatic heterocycles. The van der Waals surface area contributed by atoms with Crippen LogP contribution in [0.4, 0.5) is 5.82 Å². The lowest BCUT2D eigenvalue weighted by Gasteiger charge is -2.16. The fraction of sp³-hybridized carbons (Fsp3) is 0.294. The summed E-state index contributed by atoms with van der Waals surface area (Å²) in [7, 11) is 0. The van der Waals surface area contributed by atoms with E-state index in [1.54, 1.807) is 13.3 Å². The fourth-order valence-corrected chi connectivity index (χ4v) is 3.20. The Morgan fingerprint density at radius 1 is 1.17 bits per heavy atom. The average molecular weight is 309 g/mol. The summed E-state index contributed by atoms with van der Waals surface area (Å²) < 4.78 is 1.93. The van der Waals surface area contributed by atoms with E-state index in [9.17, 15) is 4.79 Å². The highest BCUT2D eigenvalue weighted by Gasteiger charge is 2.16. The summed E-state index contributed by atoms with van der Waals surface area (Å²) >= 11 is 0. The van der Waals surface area contributed by atoms with E-state index < -0.39 is 0 Å². The number of carbonyl (C=O) groups is 1. The Kier molecular flexibility index (Phi) is 3.60. The number of fused-ring (bicyclic) bond motifs is 1. The van der Waals surface area contributed by atoms with Crippen LogP contribution >= 0.6 is 0 Å². The molecule has 1 aromatic carbocycles. The normalized spacial score (nSPS) is 11.1. The van der Waals surface area contributed by atoms with Gasteiger partial charge in [-0.15, -0.1) is 0 Å². The molecule has 6 nitrogen and oxygen atoms in total. The first-order chi connectivity index (χ1) is 10.9. The van der Waals surface area contributed by atoms with Crippen molar-refractivity contribution in [1.29, 1.82) is 0 Å². The Bertz CT molecular complexity index is 926. The van der Waals surface area contributed by atoms with E-state index in [1.807, 2.05) is 18.4 Å². The third-order valence-electron chi connectivity index (χ3n) is 4.24. The molecule has 0 bridgehead atoms. The molecule has 0 spiro atoms. The Morgan fingerprint density at radius 2 is 1.91 bits per heavy atom. The average Bonchev–Trinajstić information content (AvgIpc) is 2.87. The van der Waals surface area contributed by atoms with Crippen molar-refractivity contribution in [2.45, 2.75) is 34.2 Å². The van der Waals surface area contributed by atoms with Crippen LogP contribution in [0.25, 0.3) is 11.2 Å². The molecule has 0 saturated heterocycles. The molecule has 3 aromatic rings. The molecule has 3 rings (SSSR count). The highest BCUT2D eigenvalue weighted by Crippen LogP contribution is 2.25. The van der Waals surface area contributed by atoms with Crippen molar-refractivity contribution in [2.24, 2.45) is 0 Å². The van der Waals surface area contributed by atoms with Crippen LogP contribution in [-0.4, -0.2) is 25.3 Å². The second-order valence-electron chi connectivity index (χ2n) is 5.85. The lowest BCUT2D eigenvalue weighted by molar-refractivity contribution is 0.101. The molecule has 0 aliphatic heterocycles. The van der Waals surface area contributed by atoms with E-state index in [-0.39, 0.29) is 5.78 Å². The van der Waals surface area contributed by atoms with Gasteiger partial charge in [-0.05, 0) is 49.9 Å². The van der Waals surface area contributed by atoms with Crippen LogP contribution in [0.15, 0.2) is 18.7 Å². The number of Topliss-reactive ketones (excluding diaryl/α,β-unsaturated/α-hetero) is 1. The zero-order valence-electron chi connectivity index (χ0n) is 13.7. The number of aryl methyl sites for hydroxylation is 2. The molecular formula is C17H19N5O. The van der Waals surface area contributed by atoms with Crippen molar-refractivity contribution in [3.8, 4) is 0 Å². The molecule has 0 saturated carbocycles. The summed E-state index contributed by atoms with van der Waals surface area (Å²) in [5.74, 6) is 0.457. The number of hydrogen-bond donors (Lipinski definition) is 1. The van der Waals surface area contributed by atoms with E-state index in [0.717, 1.165) is 27.8 Å². The Labute approximate surface area is 134 Å². The zero-order valence-corrected chi connectivity index (χ0v) is 13.7. The minimum Gasteiger partial charge on any atom is -0.382 e. The number of ketones is 1. The summed E-state index contributed by atoms with van der Waals surface area (Å²) in [6, 6.07) is 2.06. The number of rotatable bonds is 3. The van der Waals surface area contributed by atoms with Gasteiger partial charge >= 0.3 is 0 Å². The first kappa shape index (κ1) is 15.1. The molecule has 0 radical (unpaired) electrons. The van der Waals surface area contributed by atoms with Crippen molar-refractivity contribution in [3.05, 3.63) is 46.5 Å². The molecule has 0 atom stereocenters. The number of hydrogen-bond acceptors (Lipinski definition) is 5. The van der Waals surface area contributed by atoms with E-state index in [0.29, 0.717) is 23.5 Å². The Morgan fingerprint density at radius 3 is 2.61 bits per heavy atom. The van der Waals surface area contributed by atoms with Gasteiger partial charge in [-0.2, -0.15) is 0 Å². The zero-order chi connectivity index (χ0) is 16.7. The lowest BCUT2D eigenvalue weighted by Crippen LogP contribution is -2.09. The largest absolute Gasteiger partial charge is 0.382 e. The molecule has 0 amide bonds. The summed E-state index contributed by atoms with van der Waals surface area (Å²) in [4.78, 5) is 24.5. The number of carbonyl (C=O) groups excluding carboxylic acids is 1. The maximum Gasteiger partial charge on any atom is 0.165 e. The van der Waals surface area contributed by atoms with Crippen LogP contribution in [-0.2, 0) is 6.54 Å². The maximum absolute atomic E-state index is 12.0. The van der Waals surface area contributed by atoms with Gasteiger partial charge in [0.05, 0.1) is 12.9 Å². The van der Waals surface area contributed by atoms with Crippen LogP contribution in [0.3, 0.4) is 0 Å². The van der Waals surface area contributed by atoms with Gasteiger partial charge < -0.3 is 10.3 Å². The maximum atomic E-state index is 12.0. The van der Waals surface area contributed by atoms with E-state index >= 15 is 0 Å². The number of benzene rings is 1. The first-order valence-electron chi connectivity index (χ1n) is 7.42. The fourth-order valence-electron chi connectivity index (χ4n) is 3.20. The highest BCUT2D eigenvalue weighted by molar-refractivity contribution is 5.97. The summed E-state index contributed by atoms with van der Waals surface area (Å²) in [5.41, 5.74) is 12.2. The van der Waals surface area contributed by atoms with Gasteiger partial charge in [-0.1, -0.05) is 6.07 Å². The predicted molar refractivity (Wildman–Crippen MR) is 89.5 cm³/mol. The van der Waals surface area contributed by atoms with Gasteiger partial charge in [0, 0.05) is 5.56 Å². The Hall–Kier alpha value is -2.76. The molecule has 0 aliphatic rings. The second kappa shape index (κ2) is 5.46. The van der Waals surface area contributed by atoms with Crippen LogP contribution < -0.4 is 5.73 Å². The van der Waals surface area contributed by atoms with Gasteiger partial charge in [-0.3, -0.25) is 4.79 Å². The predicted octanol–water partition coefficient (Wildman–Crippen LogP) is 2.58. The van der Waals surface area contributed by atoms with Crippen molar-refractivity contribution in [2.75, 3.05) is 5.73 Å². The third kappa shape index (κ3) is 2.46. The van der Waals surface area contributed by atoms with Crippen LogP contribution in [0.1, 0.15) is 39.5 Å². The number of aromatic nitrogens is 4. The number of nitrogens with two attached hydrogens (primary N) is 1. The van der Waals surface area contributed by atoms with Gasteiger partial charge in [0.25, 0.3) is 0 Å². The van der Waals surface area contributed by atoms with E-state index in [2.05, 4.69) is 27.9 Å². The van der Waals surface area contributed by atoms with Crippen molar-refractivity contribution >= 4 is 22.8 Å². The number of nitrogens with zero attached hydrogens (tertiary/aromatic N) is 4. The standard InChI is InChI=1S/C17H19N5O/c1-9-5-10(2)14(12(4)23)11(3)13(9)6-22-8-21-15-16(18)19-7-20-17(15)22/h5,7-8H,6H2,1-4H3,(H2,18,19,20). The second-order valence-corrected chi connectivity index (χ2v) is 5.85. The molecule has 0 aliphatic carbocycles. The molecule has 2 N–H and O–H groups in total. The molecule has 118 valence electrons. The monoisotopic (exact) mass is 309 g/mol. The summed E-state index contributed by atoms with van der Waals surface area (Å²) in [5, 5.41) is 0. The molecular weight excluding hydrogens is 290 g/mol. The SMILES string of the molecule is CC(=O)c1c(C)cc(C)c(Cn2cnc3c(N)ncnc32)c1C. The van der Waals surface area contributed by atoms with E-state index in [1.165, 1.54) is 6.33 Å². The minimum atomic E-state index is 0.0864. The highest BCUT2D eigenvalue weighted by atomic mass is 16.1. The third-order valence-corrected chi connectivity index (χ3v) is 4.24. The topological polar surface area (TPSA) is 86.7 Å². The number of anilines is 1. The quantitative estimate of drug-likeness (QED) is 0.751. The minimum absolute atomic E-state index is 0.0864. The van der Waals surface area contributed by atoms with Gasteiger partial charge in [0.2, 0.25) is 0 Å². The molecule has 23 heavy (non-hydrogen) atoms. The van der Waals surface area contributed by atoms with Crippen LogP contribution in [0.2, 0.25) is 0 Å². The molecule has 2 heterocycles. The van der Waals surface area contributed by atoms with Gasteiger partial charge in [-0.25, -0.2) is 15.0 Å². The number of imidazole rings is 1. The summed E-state index contributed by atoms with van der Waals surface area (Å²) in [6.45, 7) is 8.22. The van der Waals surface area contributed by atoms with Crippen molar-refractivity contribution in [1.82, 2.24) is 19.5 Å². The molecule has 0 unspecified atom stereocenters. The molecule has 0 fully saturated rings. The summed E-state index contributed by atoms with van der Waals surface area (Å²) in [6.07, 6.45) is 3.15. The van der Waals surface area contributed by atoms with Crippen molar-refractivity contribution in [3.63, 3.8) is 0 Å². The first-order valence-corrected chi connectivity index (χ1v) is 7.42. The lowest BCUT2D eigenvalue weighted by atomic mass is 9.91. The van der Waals surface area contributed by atoms with Crippen LogP contribution in [0.5, 0.6) is 0 Å². The molecule has 6 heteroatoms. The van der Waals surface area contributed by atoms with Crippen LogP contribution in [0, 0.1) is 20.8 Å². The van der Waals surface area contributed by atoms with E-state index in [4.69, 9.17) is 5.73 Å². The van der Waals surface area contributed by atoms with Gasteiger partial charge in [0.15, 0.2) is 17.2 Å². The number of nitrogen functional groups attached to an aromatic ring is 1. The smallest absolute Gasteiger partial charge is 0.165 e. The van der Waals surface area contributed by atoms with Crippen molar-refractivity contribution < 1.29 is 4.79 Å². The van der Waals surface area contributed by atoms with Gasteiger partial charge in [0.1, 0.15) is 11.8 Å².